The highest BCUT2D eigenvalue weighted by Crippen LogP contribution is 2.27. The summed E-state index contributed by atoms with van der Waals surface area (Å²) in [5.74, 6) is -0.241. The molecule has 0 saturated heterocycles. The van der Waals surface area contributed by atoms with Crippen molar-refractivity contribution in [1.29, 1.82) is 0 Å². The van der Waals surface area contributed by atoms with Crippen molar-refractivity contribution in [2.45, 2.75) is 71.0 Å². The maximum Gasteiger partial charge on any atom is 0.264 e. The molecule has 0 bridgehead atoms. The quantitative estimate of drug-likeness (QED) is 0.159. The van der Waals surface area contributed by atoms with Crippen LogP contribution in [-0.4, -0.2) is 50.4 Å². The van der Waals surface area contributed by atoms with Gasteiger partial charge in [-0.1, -0.05) is 79.2 Å². The number of sulfonamides is 1. The Labute approximate surface area is 279 Å². The topological polar surface area (TPSA) is 96.0 Å². The Bertz CT molecular complexity index is 1730. The second kappa shape index (κ2) is 16.3. The third kappa shape index (κ3) is 9.23. The number of hydrogen-bond donors (Lipinski definition) is 1. The number of carbonyl (C=O) groups is 2. The minimum Gasteiger partial charge on any atom is -0.494 e. The van der Waals surface area contributed by atoms with Gasteiger partial charge in [0.05, 0.1) is 17.2 Å². The molecule has 0 saturated carbocycles. The predicted molar refractivity (Wildman–Crippen MR) is 187 cm³/mol. The van der Waals surface area contributed by atoms with Gasteiger partial charge in [-0.15, -0.1) is 0 Å². The summed E-state index contributed by atoms with van der Waals surface area (Å²) in [6, 6.07) is 29.4. The molecule has 4 aromatic carbocycles. The number of ether oxygens (including phenoxy) is 1. The molecule has 0 spiro atoms. The molecule has 0 aliphatic carbocycles. The summed E-state index contributed by atoms with van der Waals surface area (Å²) < 4.78 is 35.2. The molecule has 0 unspecified atom stereocenters. The fraction of sp³-hybridized carbons (Fsp3) is 0.316. The number of amides is 2. The number of benzene rings is 4. The van der Waals surface area contributed by atoms with Crippen LogP contribution in [0.4, 0.5) is 5.69 Å². The molecule has 2 atom stereocenters. The molecule has 2 amide bonds. The van der Waals surface area contributed by atoms with Gasteiger partial charge in [0.1, 0.15) is 18.3 Å². The molecule has 0 heterocycles. The van der Waals surface area contributed by atoms with E-state index in [0.717, 1.165) is 33.0 Å². The SMILES string of the molecule is CCOc1ccc(S(=O)(=O)N(CC(=O)N(Cc2ccccc2C)[C@H](Cc2ccccc2)C(=O)N[C@@H](C)CC)c2ccc(C)cc2)cc1. The number of carbonyl (C=O) groups excluding carboxylic acids is 2. The first-order valence-electron chi connectivity index (χ1n) is 16.0. The van der Waals surface area contributed by atoms with Gasteiger partial charge in [-0.05, 0) is 87.2 Å². The molecule has 0 fully saturated rings. The normalized spacial score (nSPS) is 12.5. The lowest BCUT2D eigenvalue weighted by atomic mass is 10.0. The molecular formula is C38H45N3O5S. The lowest BCUT2D eigenvalue weighted by Crippen LogP contribution is -2.54. The highest BCUT2D eigenvalue weighted by molar-refractivity contribution is 7.92. The summed E-state index contributed by atoms with van der Waals surface area (Å²) >= 11 is 0. The Morgan fingerprint density at radius 3 is 2.09 bits per heavy atom. The Hall–Kier alpha value is -4.63. The largest absolute Gasteiger partial charge is 0.494 e. The van der Waals surface area contributed by atoms with Gasteiger partial charge < -0.3 is 15.0 Å². The summed E-state index contributed by atoms with van der Waals surface area (Å²) in [4.78, 5) is 30.2. The smallest absolute Gasteiger partial charge is 0.264 e. The van der Waals surface area contributed by atoms with Crippen LogP contribution in [0.5, 0.6) is 5.75 Å². The summed E-state index contributed by atoms with van der Waals surface area (Å²) in [6.07, 6.45) is 0.980. The number of nitrogens with zero attached hydrogens (tertiary/aromatic N) is 2. The molecular weight excluding hydrogens is 611 g/mol. The van der Waals surface area contributed by atoms with E-state index in [1.165, 1.54) is 17.0 Å². The molecule has 9 heteroatoms. The van der Waals surface area contributed by atoms with Gasteiger partial charge >= 0.3 is 0 Å². The number of hydrogen-bond acceptors (Lipinski definition) is 5. The fourth-order valence-electron chi connectivity index (χ4n) is 5.21. The van der Waals surface area contributed by atoms with Gasteiger partial charge in [-0.25, -0.2) is 8.42 Å². The van der Waals surface area contributed by atoms with Crippen molar-refractivity contribution in [2.24, 2.45) is 0 Å². The average molecular weight is 656 g/mol. The van der Waals surface area contributed by atoms with Crippen LogP contribution < -0.4 is 14.4 Å². The zero-order valence-corrected chi connectivity index (χ0v) is 28.7. The average Bonchev–Trinajstić information content (AvgIpc) is 3.07. The van der Waals surface area contributed by atoms with Crippen LogP contribution in [0.2, 0.25) is 0 Å². The van der Waals surface area contributed by atoms with Crippen molar-refractivity contribution < 1.29 is 22.7 Å². The van der Waals surface area contributed by atoms with E-state index in [1.807, 2.05) is 101 Å². The van der Waals surface area contributed by atoms with E-state index in [0.29, 0.717) is 18.0 Å². The molecule has 4 aromatic rings. The standard InChI is InChI=1S/C38H45N3O5S/c1-6-30(5)39-38(43)36(25-31-14-9-8-10-15-31)40(26-32-16-12-11-13-29(32)4)37(42)27-41(33-19-17-28(3)18-20-33)47(44,45)35-23-21-34(22-24-35)46-7-2/h8-24,30,36H,6-7,25-27H2,1-5H3,(H,39,43)/t30-,36+/m0/s1. The highest BCUT2D eigenvalue weighted by Gasteiger charge is 2.35. The van der Waals surface area contributed by atoms with E-state index in [9.17, 15) is 18.0 Å². The Morgan fingerprint density at radius 1 is 0.830 bits per heavy atom. The summed E-state index contributed by atoms with van der Waals surface area (Å²) in [6.45, 7) is 9.70. The van der Waals surface area contributed by atoms with Crippen molar-refractivity contribution in [3.63, 3.8) is 0 Å². The molecule has 0 aromatic heterocycles. The zero-order chi connectivity index (χ0) is 34.0. The van der Waals surface area contributed by atoms with Crippen LogP contribution in [-0.2, 0) is 32.6 Å². The minimum atomic E-state index is -4.21. The number of nitrogens with one attached hydrogen (secondary N) is 1. The third-order valence-electron chi connectivity index (χ3n) is 8.20. The van der Waals surface area contributed by atoms with Gasteiger partial charge in [0, 0.05) is 19.0 Å². The maximum absolute atomic E-state index is 14.6. The molecule has 0 aliphatic rings. The van der Waals surface area contributed by atoms with Crippen molar-refractivity contribution in [2.75, 3.05) is 17.5 Å². The van der Waals surface area contributed by atoms with Crippen LogP contribution >= 0.6 is 0 Å². The van der Waals surface area contributed by atoms with Crippen LogP contribution in [0.1, 0.15) is 49.4 Å². The van der Waals surface area contributed by atoms with Gasteiger partial charge in [0.25, 0.3) is 10.0 Å². The van der Waals surface area contributed by atoms with Gasteiger partial charge in [0.2, 0.25) is 11.8 Å². The fourth-order valence-corrected chi connectivity index (χ4v) is 6.62. The molecule has 248 valence electrons. The first-order chi connectivity index (χ1) is 22.5. The number of aryl methyl sites for hydroxylation is 2. The number of anilines is 1. The monoisotopic (exact) mass is 655 g/mol. The minimum absolute atomic E-state index is 0.0233. The second-order valence-electron chi connectivity index (χ2n) is 11.7. The lowest BCUT2D eigenvalue weighted by Gasteiger charge is -2.34. The summed E-state index contributed by atoms with van der Waals surface area (Å²) in [5.41, 5.74) is 4.01. The van der Waals surface area contributed by atoms with Gasteiger partial charge in [0.15, 0.2) is 0 Å². The first-order valence-corrected chi connectivity index (χ1v) is 17.5. The van der Waals surface area contributed by atoms with Crippen molar-refractivity contribution in [3.8, 4) is 5.75 Å². The molecule has 8 nitrogen and oxygen atoms in total. The predicted octanol–water partition coefficient (Wildman–Crippen LogP) is 6.45. The van der Waals surface area contributed by atoms with Crippen molar-refractivity contribution in [3.05, 3.63) is 125 Å². The second-order valence-corrected chi connectivity index (χ2v) is 13.6. The lowest BCUT2D eigenvalue weighted by molar-refractivity contribution is -0.140. The van der Waals surface area contributed by atoms with Crippen molar-refractivity contribution in [1.82, 2.24) is 10.2 Å². The molecule has 0 radical (unpaired) electrons. The zero-order valence-electron chi connectivity index (χ0n) is 27.8. The van der Waals surface area contributed by atoms with Crippen LogP contribution in [0.25, 0.3) is 0 Å². The van der Waals surface area contributed by atoms with Gasteiger partial charge in [-0.2, -0.15) is 0 Å². The van der Waals surface area contributed by atoms with Crippen molar-refractivity contribution >= 4 is 27.5 Å². The van der Waals surface area contributed by atoms with Gasteiger partial charge in [-0.3, -0.25) is 13.9 Å². The molecule has 1 N–H and O–H groups in total. The maximum atomic E-state index is 14.6. The van der Waals surface area contributed by atoms with E-state index in [2.05, 4.69) is 5.32 Å². The van der Waals surface area contributed by atoms with E-state index < -0.39 is 28.5 Å². The number of rotatable bonds is 15. The Balaban J connectivity index is 1.80. The van der Waals surface area contributed by atoms with Crippen LogP contribution in [0.3, 0.4) is 0 Å². The van der Waals surface area contributed by atoms with Crippen LogP contribution in [0.15, 0.2) is 108 Å². The molecule has 4 rings (SSSR count). The van der Waals surface area contributed by atoms with E-state index in [4.69, 9.17) is 4.74 Å². The summed E-state index contributed by atoms with van der Waals surface area (Å²) in [5, 5.41) is 3.07. The van der Waals surface area contributed by atoms with E-state index in [-0.39, 0.29) is 29.8 Å². The molecule has 47 heavy (non-hydrogen) atoms. The van der Waals surface area contributed by atoms with E-state index in [1.54, 1.807) is 24.3 Å². The van der Waals surface area contributed by atoms with Crippen LogP contribution in [0, 0.1) is 13.8 Å². The highest BCUT2D eigenvalue weighted by atomic mass is 32.2. The Kier molecular flexibility index (Phi) is 12.2. The molecule has 0 aliphatic heterocycles. The third-order valence-corrected chi connectivity index (χ3v) is 9.99. The van der Waals surface area contributed by atoms with E-state index >= 15 is 0 Å². The first kappa shape index (κ1) is 35.2. The summed E-state index contributed by atoms with van der Waals surface area (Å²) in [7, 11) is -4.21. The Morgan fingerprint density at radius 2 is 1.47 bits per heavy atom.